The molecule has 0 rings (SSSR count). The largest absolute Gasteiger partial charge is 0.453 e. The maximum Gasteiger partial charge on any atom is 0.425 e. The zero-order valence-corrected chi connectivity index (χ0v) is 8.73. The molecule has 0 bridgehead atoms. The summed E-state index contributed by atoms with van der Waals surface area (Å²) in [6, 6.07) is 0. The van der Waals surface area contributed by atoms with Crippen molar-refractivity contribution in [1.82, 2.24) is 0 Å². The molecule has 0 amide bonds. The predicted molar refractivity (Wildman–Crippen MR) is 45.7 cm³/mol. The van der Waals surface area contributed by atoms with E-state index in [2.05, 4.69) is 4.74 Å². The molecule has 14 heavy (non-hydrogen) atoms. The third-order valence-corrected chi connectivity index (χ3v) is 1.44. The zero-order chi connectivity index (χ0) is 11.6. The lowest BCUT2D eigenvalue weighted by atomic mass is 9.92. The fourth-order valence-electron chi connectivity index (χ4n) is 0.739. The van der Waals surface area contributed by atoms with E-state index in [0.717, 1.165) is 6.92 Å². The zero-order valence-electron chi connectivity index (χ0n) is 8.73. The Morgan fingerprint density at radius 2 is 1.71 bits per heavy atom. The fraction of sp³-hybridized carbons (Fsp3) is 0.889. The molecule has 0 N–H and O–H groups in total. The third-order valence-electron chi connectivity index (χ3n) is 1.44. The summed E-state index contributed by atoms with van der Waals surface area (Å²) in [7, 11) is 0. The van der Waals surface area contributed by atoms with Crippen LogP contribution >= 0.6 is 0 Å². The molecule has 0 saturated carbocycles. The topological polar surface area (TPSA) is 26.3 Å². The normalized spacial score (nSPS) is 15.1. The van der Waals surface area contributed by atoms with Gasteiger partial charge in [-0.05, 0) is 12.3 Å². The van der Waals surface area contributed by atoms with E-state index in [4.69, 9.17) is 0 Å². The Balaban J connectivity index is 4.09. The van der Waals surface area contributed by atoms with Gasteiger partial charge in [-0.2, -0.15) is 13.2 Å². The number of alkyl halides is 3. The van der Waals surface area contributed by atoms with Crippen LogP contribution in [0.15, 0.2) is 0 Å². The fourth-order valence-corrected chi connectivity index (χ4v) is 0.739. The Morgan fingerprint density at radius 1 is 1.29 bits per heavy atom. The minimum atomic E-state index is -4.48. The summed E-state index contributed by atoms with van der Waals surface area (Å²) in [5, 5.41) is 0. The van der Waals surface area contributed by atoms with Crippen molar-refractivity contribution in [1.29, 1.82) is 0 Å². The Bertz CT molecular complexity index is 203. The molecule has 0 spiro atoms. The number of carbonyl (C=O) groups excluding carboxylic acids is 1. The first-order valence-electron chi connectivity index (χ1n) is 4.28. The molecule has 0 aromatic rings. The molecule has 0 aromatic carbocycles. The van der Waals surface area contributed by atoms with Crippen molar-refractivity contribution in [2.75, 3.05) is 0 Å². The number of esters is 1. The van der Waals surface area contributed by atoms with E-state index < -0.39 is 18.2 Å². The summed E-state index contributed by atoms with van der Waals surface area (Å²) in [6.45, 7) is 6.09. The molecule has 84 valence electrons. The molecule has 0 aromatic heterocycles. The van der Waals surface area contributed by atoms with Crippen LogP contribution < -0.4 is 0 Å². The van der Waals surface area contributed by atoms with Gasteiger partial charge in [0.05, 0.1) is 6.42 Å². The van der Waals surface area contributed by atoms with Crippen LogP contribution in [0.25, 0.3) is 0 Å². The van der Waals surface area contributed by atoms with Crippen LogP contribution in [0.2, 0.25) is 0 Å². The van der Waals surface area contributed by atoms with Gasteiger partial charge in [0, 0.05) is 0 Å². The Kier molecular flexibility index (Phi) is 3.97. The summed E-state index contributed by atoms with van der Waals surface area (Å²) in [6.07, 6.45) is -6.53. The van der Waals surface area contributed by atoms with E-state index >= 15 is 0 Å². The molecule has 0 aliphatic rings. The minimum absolute atomic E-state index is 0.0204. The molecule has 1 unspecified atom stereocenters. The second-order valence-electron chi connectivity index (χ2n) is 4.41. The Labute approximate surface area is 81.4 Å². The first kappa shape index (κ1) is 13.3. The van der Waals surface area contributed by atoms with Gasteiger partial charge in [-0.1, -0.05) is 20.8 Å². The molecule has 0 aliphatic heterocycles. The van der Waals surface area contributed by atoms with Crippen molar-refractivity contribution < 1.29 is 22.7 Å². The van der Waals surface area contributed by atoms with Crippen molar-refractivity contribution in [2.24, 2.45) is 5.41 Å². The molecule has 0 fully saturated rings. The van der Waals surface area contributed by atoms with Crippen molar-refractivity contribution in [3.8, 4) is 0 Å². The summed E-state index contributed by atoms with van der Waals surface area (Å²) in [4.78, 5) is 11.0. The number of halogens is 3. The highest BCUT2D eigenvalue weighted by Crippen LogP contribution is 2.25. The lowest BCUT2D eigenvalue weighted by molar-refractivity contribution is -0.217. The molecular formula is C9H15F3O2. The number of hydrogen-bond donors (Lipinski definition) is 0. The van der Waals surface area contributed by atoms with Gasteiger partial charge in [0.15, 0.2) is 6.10 Å². The van der Waals surface area contributed by atoms with Crippen molar-refractivity contribution in [3.05, 3.63) is 0 Å². The molecule has 0 aliphatic carbocycles. The van der Waals surface area contributed by atoms with Crippen molar-refractivity contribution in [3.63, 3.8) is 0 Å². The molecule has 0 saturated heterocycles. The van der Waals surface area contributed by atoms with Crippen LogP contribution in [0.3, 0.4) is 0 Å². The highest BCUT2D eigenvalue weighted by Gasteiger charge is 2.39. The lowest BCUT2D eigenvalue weighted by Gasteiger charge is -2.20. The molecule has 2 nitrogen and oxygen atoms in total. The molecule has 5 heteroatoms. The van der Waals surface area contributed by atoms with E-state index in [1.807, 2.05) is 0 Å². The Morgan fingerprint density at radius 3 is 2.00 bits per heavy atom. The average Bonchev–Trinajstić information content (AvgIpc) is 1.79. The van der Waals surface area contributed by atoms with Gasteiger partial charge in [0.25, 0.3) is 0 Å². The highest BCUT2D eigenvalue weighted by atomic mass is 19.4. The number of ether oxygens (including phenoxy) is 1. The summed E-state index contributed by atoms with van der Waals surface area (Å²) < 4.78 is 40.1. The van der Waals surface area contributed by atoms with Gasteiger partial charge < -0.3 is 4.74 Å². The highest BCUT2D eigenvalue weighted by molar-refractivity contribution is 5.70. The third kappa shape index (κ3) is 5.83. The van der Waals surface area contributed by atoms with E-state index in [0.29, 0.717) is 0 Å². The molecule has 1 atom stereocenters. The lowest BCUT2D eigenvalue weighted by Crippen LogP contribution is -2.32. The van der Waals surface area contributed by atoms with Crippen molar-refractivity contribution >= 4 is 5.97 Å². The summed E-state index contributed by atoms with van der Waals surface area (Å²) in [5.41, 5.74) is -0.359. The van der Waals surface area contributed by atoms with Crippen LogP contribution in [0.4, 0.5) is 13.2 Å². The van der Waals surface area contributed by atoms with E-state index in [1.165, 1.54) is 0 Å². The number of carbonyl (C=O) groups is 1. The van der Waals surface area contributed by atoms with Crippen LogP contribution in [-0.4, -0.2) is 18.2 Å². The van der Waals surface area contributed by atoms with Crippen LogP contribution in [-0.2, 0) is 9.53 Å². The second kappa shape index (κ2) is 4.19. The molecule has 0 radical (unpaired) electrons. The first-order chi connectivity index (χ1) is 6.02. The van der Waals surface area contributed by atoms with Gasteiger partial charge in [-0.15, -0.1) is 0 Å². The quantitative estimate of drug-likeness (QED) is 0.658. The van der Waals surface area contributed by atoms with Gasteiger partial charge in [0.1, 0.15) is 0 Å². The second-order valence-corrected chi connectivity index (χ2v) is 4.41. The van der Waals surface area contributed by atoms with E-state index in [1.54, 1.807) is 20.8 Å². The molecular weight excluding hydrogens is 197 g/mol. The van der Waals surface area contributed by atoms with Crippen LogP contribution in [0.1, 0.15) is 34.1 Å². The monoisotopic (exact) mass is 212 g/mol. The average molecular weight is 212 g/mol. The van der Waals surface area contributed by atoms with Gasteiger partial charge in [0.2, 0.25) is 0 Å². The maximum absolute atomic E-state index is 12.0. The van der Waals surface area contributed by atoms with Crippen LogP contribution in [0, 0.1) is 5.41 Å². The predicted octanol–water partition coefficient (Wildman–Crippen LogP) is 2.92. The summed E-state index contributed by atoms with van der Waals surface area (Å²) >= 11 is 0. The van der Waals surface area contributed by atoms with Crippen LogP contribution in [0.5, 0.6) is 0 Å². The first-order valence-corrected chi connectivity index (χ1v) is 4.28. The van der Waals surface area contributed by atoms with Gasteiger partial charge >= 0.3 is 12.1 Å². The number of hydrogen-bond acceptors (Lipinski definition) is 2. The van der Waals surface area contributed by atoms with Crippen molar-refractivity contribution in [2.45, 2.75) is 46.4 Å². The maximum atomic E-state index is 12.0. The van der Waals surface area contributed by atoms with Gasteiger partial charge in [-0.3, -0.25) is 4.79 Å². The SMILES string of the molecule is CC(OC(=O)CC(C)(C)C)C(F)(F)F. The number of rotatable bonds is 2. The summed E-state index contributed by atoms with van der Waals surface area (Å²) in [5.74, 6) is -0.817. The minimum Gasteiger partial charge on any atom is -0.453 e. The van der Waals surface area contributed by atoms with E-state index in [-0.39, 0.29) is 11.8 Å². The van der Waals surface area contributed by atoms with E-state index in [9.17, 15) is 18.0 Å². The molecule has 0 heterocycles. The standard InChI is InChI=1S/C9H15F3O2/c1-6(9(10,11)12)14-7(13)5-8(2,3)4/h6H,5H2,1-4H3. The smallest absolute Gasteiger partial charge is 0.425 e. The Hall–Kier alpha value is -0.740. The van der Waals surface area contributed by atoms with Gasteiger partial charge in [-0.25, -0.2) is 0 Å².